The molecule has 0 saturated carbocycles. The molecule has 5 heteroatoms. The van der Waals surface area contributed by atoms with E-state index in [4.69, 9.17) is 19.4 Å². The Morgan fingerprint density at radius 3 is 1.89 bits per heavy atom. The van der Waals surface area contributed by atoms with Gasteiger partial charge in [0.05, 0.1) is 0 Å². The Morgan fingerprint density at radius 2 is 1.04 bits per heavy atom. The van der Waals surface area contributed by atoms with Crippen LogP contribution in [0.5, 0.6) is 0 Å². The number of benzene rings is 7. The number of hydrogen-bond donors (Lipinski definition) is 0. The van der Waals surface area contributed by atoms with E-state index in [0.717, 1.165) is 49.8 Å². The molecule has 0 radical (unpaired) electrons. The Balaban J connectivity index is 1.02. The molecule has 0 aliphatic heterocycles. The molecule has 1 aliphatic carbocycles. The summed E-state index contributed by atoms with van der Waals surface area (Å²) < 4.78 is 8.84. The number of nitrogens with zero attached hydrogens (tertiary/aromatic N) is 3. The Bertz CT molecular complexity index is 3100. The molecule has 11 rings (SSSR count). The van der Waals surface area contributed by atoms with Crippen molar-refractivity contribution >= 4 is 53.4 Å². The lowest BCUT2D eigenvalue weighted by molar-refractivity contribution is 0.647. The van der Waals surface area contributed by atoms with Crippen LogP contribution in [-0.2, 0) is 5.41 Å². The third-order valence-corrected chi connectivity index (χ3v) is 12.1. The van der Waals surface area contributed by atoms with E-state index in [-0.39, 0.29) is 5.41 Å². The first kappa shape index (κ1) is 30.2. The monoisotopic (exact) mass is 697 g/mol. The number of rotatable bonds is 4. The van der Waals surface area contributed by atoms with E-state index in [1.54, 1.807) is 0 Å². The van der Waals surface area contributed by atoms with Crippen molar-refractivity contribution in [3.05, 3.63) is 163 Å². The lowest BCUT2D eigenvalue weighted by Gasteiger charge is -2.22. The van der Waals surface area contributed by atoms with E-state index in [0.29, 0.717) is 17.5 Å². The van der Waals surface area contributed by atoms with Gasteiger partial charge in [0, 0.05) is 53.1 Å². The summed E-state index contributed by atoms with van der Waals surface area (Å²) in [5, 5.41) is 4.79. The van der Waals surface area contributed by atoms with E-state index >= 15 is 0 Å². The van der Waals surface area contributed by atoms with Gasteiger partial charge in [-0.15, -0.1) is 11.3 Å². The standard InChI is InChI=1S/C48H31N3OS/c1-48(2)39-25-30(19-21-33(39)36-26-37-34-15-6-8-17-41(34)52-42(37)27-40(36)48)29-13-10-14-31(23-29)46-49-45(28-11-4-3-5-12-28)50-47(51-46)32-20-22-44-38(24-32)35-16-7-9-18-43(35)53-44/h3-27H,1-2H3. The zero-order valence-corrected chi connectivity index (χ0v) is 29.9. The van der Waals surface area contributed by atoms with Crippen molar-refractivity contribution in [1.82, 2.24) is 15.0 Å². The lowest BCUT2D eigenvalue weighted by Crippen LogP contribution is -2.15. The number of fused-ring (bicyclic) bond motifs is 9. The van der Waals surface area contributed by atoms with Gasteiger partial charge >= 0.3 is 0 Å². The quantitative estimate of drug-likeness (QED) is 0.184. The van der Waals surface area contributed by atoms with Gasteiger partial charge in [0.25, 0.3) is 0 Å². The minimum absolute atomic E-state index is 0.186. The molecule has 0 N–H and O–H groups in total. The van der Waals surface area contributed by atoms with Crippen molar-refractivity contribution in [3.8, 4) is 56.4 Å². The third-order valence-electron chi connectivity index (χ3n) is 10.9. The molecule has 0 spiro atoms. The van der Waals surface area contributed by atoms with Crippen molar-refractivity contribution in [2.75, 3.05) is 0 Å². The Kier molecular flexibility index (Phi) is 6.43. The van der Waals surface area contributed by atoms with Crippen LogP contribution < -0.4 is 0 Å². The normalized spacial score (nSPS) is 13.2. The minimum atomic E-state index is -0.186. The van der Waals surface area contributed by atoms with Crippen molar-refractivity contribution in [3.63, 3.8) is 0 Å². The van der Waals surface area contributed by atoms with Gasteiger partial charge in [-0.25, -0.2) is 15.0 Å². The van der Waals surface area contributed by atoms with Gasteiger partial charge in [0.15, 0.2) is 17.5 Å². The SMILES string of the molecule is CC1(C)c2cc(-c3cccc(-c4nc(-c5ccccc5)nc(-c5ccc6sc7ccccc7c6c5)n4)c3)ccc2-c2cc3c(cc21)oc1ccccc13. The van der Waals surface area contributed by atoms with Gasteiger partial charge in [0.1, 0.15) is 11.2 Å². The summed E-state index contributed by atoms with van der Waals surface area (Å²) in [7, 11) is 0. The summed E-state index contributed by atoms with van der Waals surface area (Å²) in [4.78, 5) is 15.2. The van der Waals surface area contributed by atoms with Crippen molar-refractivity contribution in [2.45, 2.75) is 19.3 Å². The lowest BCUT2D eigenvalue weighted by atomic mass is 9.81. The van der Waals surface area contributed by atoms with Crippen molar-refractivity contribution < 1.29 is 4.42 Å². The number of para-hydroxylation sites is 1. The van der Waals surface area contributed by atoms with Crippen LogP contribution in [0.25, 0.3) is 98.5 Å². The van der Waals surface area contributed by atoms with Gasteiger partial charge in [-0.2, -0.15) is 0 Å². The van der Waals surface area contributed by atoms with Gasteiger partial charge < -0.3 is 4.42 Å². The maximum atomic E-state index is 6.31. The summed E-state index contributed by atoms with van der Waals surface area (Å²) in [5.74, 6) is 1.96. The van der Waals surface area contributed by atoms with E-state index in [2.05, 4.69) is 135 Å². The third kappa shape index (κ3) is 4.71. The first-order valence-electron chi connectivity index (χ1n) is 17.9. The molecule has 0 unspecified atom stereocenters. The summed E-state index contributed by atoms with van der Waals surface area (Å²) in [5.41, 5.74) is 12.0. The molecule has 4 nitrogen and oxygen atoms in total. The van der Waals surface area contributed by atoms with E-state index < -0.39 is 0 Å². The maximum Gasteiger partial charge on any atom is 0.164 e. The highest BCUT2D eigenvalue weighted by molar-refractivity contribution is 7.25. The molecule has 53 heavy (non-hydrogen) atoms. The topological polar surface area (TPSA) is 51.8 Å². The summed E-state index contributed by atoms with van der Waals surface area (Å²) in [6.07, 6.45) is 0. The molecule has 3 aromatic heterocycles. The molecule has 0 bridgehead atoms. The predicted molar refractivity (Wildman–Crippen MR) is 219 cm³/mol. The molecule has 10 aromatic rings. The largest absolute Gasteiger partial charge is 0.456 e. The predicted octanol–water partition coefficient (Wildman–Crippen LogP) is 13.1. The summed E-state index contributed by atoms with van der Waals surface area (Å²) in [6.45, 7) is 4.64. The zero-order valence-electron chi connectivity index (χ0n) is 29.1. The Hall–Kier alpha value is -6.43. The van der Waals surface area contributed by atoms with Crippen LogP contribution in [0.15, 0.2) is 156 Å². The molecule has 1 aliphatic rings. The highest BCUT2D eigenvalue weighted by Gasteiger charge is 2.36. The summed E-state index contributed by atoms with van der Waals surface area (Å²) in [6, 6.07) is 53.7. The van der Waals surface area contributed by atoms with E-state index in [1.165, 1.54) is 42.4 Å². The second kappa shape index (κ2) is 11.3. The van der Waals surface area contributed by atoms with Crippen LogP contribution in [-0.4, -0.2) is 15.0 Å². The number of hydrogen-bond acceptors (Lipinski definition) is 5. The smallest absolute Gasteiger partial charge is 0.164 e. The first-order chi connectivity index (χ1) is 26.0. The number of thiophene rings is 1. The highest BCUT2D eigenvalue weighted by atomic mass is 32.1. The molecule has 0 amide bonds. The highest BCUT2D eigenvalue weighted by Crippen LogP contribution is 2.51. The fraction of sp³-hybridized carbons (Fsp3) is 0.0625. The van der Waals surface area contributed by atoms with Crippen LogP contribution in [0.3, 0.4) is 0 Å². The molecular weight excluding hydrogens is 667 g/mol. The second-order valence-corrected chi connectivity index (χ2v) is 15.5. The minimum Gasteiger partial charge on any atom is -0.456 e. The molecule has 7 aromatic carbocycles. The molecule has 0 atom stereocenters. The average molecular weight is 698 g/mol. The van der Waals surface area contributed by atoms with Gasteiger partial charge in [-0.3, -0.25) is 0 Å². The van der Waals surface area contributed by atoms with Gasteiger partial charge in [-0.05, 0) is 88.0 Å². The summed E-state index contributed by atoms with van der Waals surface area (Å²) >= 11 is 1.81. The molecule has 250 valence electrons. The Morgan fingerprint density at radius 1 is 0.415 bits per heavy atom. The number of aromatic nitrogens is 3. The van der Waals surface area contributed by atoms with Gasteiger partial charge in [-0.1, -0.05) is 111 Å². The van der Waals surface area contributed by atoms with Crippen LogP contribution in [0, 0.1) is 0 Å². The van der Waals surface area contributed by atoms with E-state index in [9.17, 15) is 0 Å². The fourth-order valence-corrected chi connectivity index (χ4v) is 9.27. The zero-order chi connectivity index (χ0) is 35.3. The van der Waals surface area contributed by atoms with Crippen LogP contribution in [0.1, 0.15) is 25.0 Å². The van der Waals surface area contributed by atoms with Gasteiger partial charge in [0.2, 0.25) is 0 Å². The second-order valence-electron chi connectivity index (χ2n) is 14.4. The molecule has 0 saturated heterocycles. The van der Waals surface area contributed by atoms with Crippen LogP contribution >= 0.6 is 11.3 Å². The number of furan rings is 1. The molecule has 3 heterocycles. The molecular formula is C48H31N3OS. The van der Waals surface area contributed by atoms with Crippen LogP contribution in [0.2, 0.25) is 0 Å². The van der Waals surface area contributed by atoms with Crippen molar-refractivity contribution in [1.29, 1.82) is 0 Å². The average Bonchev–Trinajstić information content (AvgIpc) is 3.84. The maximum absolute atomic E-state index is 6.31. The van der Waals surface area contributed by atoms with Crippen LogP contribution in [0.4, 0.5) is 0 Å². The van der Waals surface area contributed by atoms with E-state index in [1.807, 2.05) is 41.7 Å². The molecule has 0 fully saturated rings. The Labute approximate surface area is 310 Å². The van der Waals surface area contributed by atoms with Crippen molar-refractivity contribution in [2.24, 2.45) is 0 Å². The first-order valence-corrected chi connectivity index (χ1v) is 18.7. The fourth-order valence-electron chi connectivity index (χ4n) is 8.19.